The molecule has 82 valence electrons. The molecule has 1 fully saturated rings. The van der Waals surface area contributed by atoms with Crippen LogP contribution in [0.2, 0.25) is 0 Å². The maximum Gasteiger partial charge on any atom is 0.416 e. The summed E-state index contributed by atoms with van der Waals surface area (Å²) in [7, 11) is 0. The molecule has 2 nitrogen and oxygen atoms in total. The summed E-state index contributed by atoms with van der Waals surface area (Å²) < 4.78 is 41.6. The molecule has 0 unspecified atom stereocenters. The van der Waals surface area contributed by atoms with Crippen LogP contribution >= 0.6 is 0 Å². The van der Waals surface area contributed by atoms with Gasteiger partial charge in [-0.25, -0.2) is 0 Å². The number of hydrogen-bond acceptors (Lipinski definition) is 2. The number of rotatable bonds is 2. The molecule has 1 saturated heterocycles. The third-order valence-corrected chi connectivity index (χ3v) is 2.22. The van der Waals surface area contributed by atoms with Crippen LogP contribution in [-0.2, 0) is 10.9 Å². The van der Waals surface area contributed by atoms with Gasteiger partial charge in [-0.1, -0.05) is 0 Å². The van der Waals surface area contributed by atoms with E-state index in [9.17, 15) is 13.2 Å². The highest BCUT2D eigenvalue weighted by Crippen LogP contribution is 2.29. The van der Waals surface area contributed by atoms with Crippen molar-refractivity contribution in [3.8, 4) is 0 Å². The third-order valence-electron chi connectivity index (χ3n) is 2.22. The zero-order valence-corrected chi connectivity index (χ0v) is 7.84. The Morgan fingerprint density at radius 3 is 2.13 bits per heavy atom. The van der Waals surface area contributed by atoms with Gasteiger partial charge in [-0.05, 0) is 24.3 Å². The highest BCUT2D eigenvalue weighted by molar-refractivity contribution is 5.46. The van der Waals surface area contributed by atoms with Crippen molar-refractivity contribution in [2.75, 3.05) is 18.5 Å². The Hall–Kier alpha value is -1.23. The Kier molecular flexibility index (Phi) is 2.56. The molecule has 1 aliphatic heterocycles. The van der Waals surface area contributed by atoms with Gasteiger partial charge in [-0.15, -0.1) is 0 Å². The fourth-order valence-corrected chi connectivity index (χ4v) is 1.31. The number of anilines is 1. The Morgan fingerprint density at radius 1 is 1.13 bits per heavy atom. The second-order valence-corrected chi connectivity index (χ2v) is 3.45. The van der Waals surface area contributed by atoms with Crippen LogP contribution in [0.15, 0.2) is 24.3 Å². The SMILES string of the molecule is FC(F)(F)c1ccc(NC2COC2)cc1. The molecule has 5 heteroatoms. The normalized spacial score (nSPS) is 17.3. The number of nitrogens with one attached hydrogen (secondary N) is 1. The predicted octanol–water partition coefficient (Wildman–Crippen LogP) is 2.52. The lowest BCUT2D eigenvalue weighted by Gasteiger charge is -2.27. The average molecular weight is 217 g/mol. The van der Waals surface area contributed by atoms with Gasteiger partial charge in [-0.2, -0.15) is 13.2 Å². The fourth-order valence-electron chi connectivity index (χ4n) is 1.31. The highest BCUT2D eigenvalue weighted by atomic mass is 19.4. The second-order valence-electron chi connectivity index (χ2n) is 3.45. The van der Waals surface area contributed by atoms with Crippen molar-refractivity contribution in [1.82, 2.24) is 0 Å². The minimum absolute atomic E-state index is 0.224. The van der Waals surface area contributed by atoms with Crippen LogP contribution in [0, 0.1) is 0 Å². The molecule has 0 saturated carbocycles. The number of benzene rings is 1. The highest BCUT2D eigenvalue weighted by Gasteiger charge is 2.30. The van der Waals surface area contributed by atoms with E-state index in [4.69, 9.17) is 4.74 Å². The molecule has 2 rings (SSSR count). The lowest BCUT2D eigenvalue weighted by atomic mass is 10.2. The van der Waals surface area contributed by atoms with Gasteiger partial charge in [0.1, 0.15) is 0 Å². The van der Waals surface area contributed by atoms with Crippen LogP contribution in [-0.4, -0.2) is 19.3 Å². The van der Waals surface area contributed by atoms with E-state index in [-0.39, 0.29) is 6.04 Å². The van der Waals surface area contributed by atoms with Gasteiger partial charge in [-0.3, -0.25) is 0 Å². The van der Waals surface area contributed by atoms with Crippen LogP contribution in [0.3, 0.4) is 0 Å². The van der Waals surface area contributed by atoms with Crippen LogP contribution in [0.1, 0.15) is 5.56 Å². The zero-order chi connectivity index (χ0) is 10.9. The van der Waals surface area contributed by atoms with E-state index in [1.165, 1.54) is 12.1 Å². The minimum Gasteiger partial charge on any atom is -0.378 e. The summed E-state index contributed by atoms with van der Waals surface area (Å²) in [5, 5.41) is 3.06. The van der Waals surface area contributed by atoms with Gasteiger partial charge in [0, 0.05) is 5.69 Å². The smallest absolute Gasteiger partial charge is 0.378 e. The number of alkyl halides is 3. The molecule has 0 amide bonds. The molecular weight excluding hydrogens is 207 g/mol. The Labute approximate surface area is 85.0 Å². The molecule has 0 bridgehead atoms. The van der Waals surface area contributed by atoms with Crippen molar-refractivity contribution in [2.45, 2.75) is 12.2 Å². The molecule has 0 aliphatic carbocycles. The largest absolute Gasteiger partial charge is 0.416 e. The first-order valence-corrected chi connectivity index (χ1v) is 4.57. The average Bonchev–Trinajstić information content (AvgIpc) is 2.11. The van der Waals surface area contributed by atoms with E-state index in [1.807, 2.05) is 0 Å². The summed E-state index contributed by atoms with van der Waals surface area (Å²) in [4.78, 5) is 0. The summed E-state index contributed by atoms with van der Waals surface area (Å²) in [6, 6.07) is 5.23. The minimum atomic E-state index is -4.27. The van der Waals surface area contributed by atoms with Gasteiger partial charge >= 0.3 is 6.18 Å². The molecule has 1 aromatic carbocycles. The maximum absolute atomic E-state index is 12.2. The fraction of sp³-hybridized carbons (Fsp3) is 0.400. The maximum atomic E-state index is 12.2. The lowest BCUT2D eigenvalue weighted by Crippen LogP contribution is -2.40. The standard InChI is InChI=1S/C10H10F3NO/c11-10(12,13)7-1-3-8(4-2-7)14-9-5-15-6-9/h1-4,9,14H,5-6H2. The predicted molar refractivity (Wildman–Crippen MR) is 49.7 cm³/mol. The van der Waals surface area contributed by atoms with Crippen molar-refractivity contribution < 1.29 is 17.9 Å². The lowest BCUT2D eigenvalue weighted by molar-refractivity contribution is -0.137. The number of hydrogen-bond donors (Lipinski definition) is 1. The molecule has 0 aromatic heterocycles. The van der Waals surface area contributed by atoms with Crippen LogP contribution < -0.4 is 5.32 Å². The van der Waals surface area contributed by atoms with Gasteiger partial charge in [0.25, 0.3) is 0 Å². The Balaban J connectivity index is 2.03. The summed E-state index contributed by atoms with van der Waals surface area (Å²) in [6.45, 7) is 1.22. The monoisotopic (exact) mass is 217 g/mol. The molecule has 0 radical (unpaired) electrons. The van der Waals surface area contributed by atoms with Gasteiger partial charge in [0.05, 0.1) is 24.8 Å². The van der Waals surface area contributed by atoms with E-state index in [2.05, 4.69) is 5.32 Å². The van der Waals surface area contributed by atoms with E-state index < -0.39 is 11.7 Å². The van der Waals surface area contributed by atoms with Gasteiger partial charge in [0.15, 0.2) is 0 Å². The molecular formula is C10H10F3NO. The molecule has 1 N–H and O–H groups in total. The molecule has 0 spiro atoms. The first-order valence-electron chi connectivity index (χ1n) is 4.57. The molecule has 1 aromatic rings. The first kappa shape index (κ1) is 10.3. The Morgan fingerprint density at radius 2 is 1.73 bits per heavy atom. The van der Waals surface area contributed by atoms with E-state index in [0.29, 0.717) is 18.9 Å². The van der Waals surface area contributed by atoms with Crippen LogP contribution in [0.5, 0.6) is 0 Å². The summed E-state index contributed by atoms with van der Waals surface area (Å²) in [5.74, 6) is 0. The zero-order valence-electron chi connectivity index (χ0n) is 7.84. The van der Waals surface area contributed by atoms with Crippen molar-refractivity contribution >= 4 is 5.69 Å². The van der Waals surface area contributed by atoms with Gasteiger partial charge < -0.3 is 10.1 Å². The van der Waals surface area contributed by atoms with Crippen molar-refractivity contribution in [3.05, 3.63) is 29.8 Å². The first-order chi connectivity index (χ1) is 7.05. The van der Waals surface area contributed by atoms with Crippen LogP contribution in [0.25, 0.3) is 0 Å². The van der Waals surface area contributed by atoms with E-state index in [0.717, 1.165) is 12.1 Å². The summed E-state index contributed by atoms with van der Waals surface area (Å²) in [5.41, 5.74) is 0.0641. The molecule has 15 heavy (non-hydrogen) atoms. The second kappa shape index (κ2) is 3.73. The molecule has 0 atom stereocenters. The molecule has 1 heterocycles. The Bertz CT molecular complexity index is 330. The van der Waals surface area contributed by atoms with E-state index >= 15 is 0 Å². The summed E-state index contributed by atoms with van der Waals surface area (Å²) in [6.07, 6.45) is -4.27. The topological polar surface area (TPSA) is 21.3 Å². The van der Waals surface area contributed by atoms with Crippen molar-refractivity contribution in [2.24, 2.45) is 0 Å². The number of halogens is 3. The van der Waals surface area contributed by atoms with Crippen molar-refractivity contribution in [3.63, 3.8) is 0 Å². The third kappa shape index (κ3) is 2.41. The summed E-state index contributed by atoms with van der Waals surface area (Å²) >= 11 is 0. The number of ether oxygens (including phenoxy) is 1. The van der Waals surface area contributed by atoms with Crippen molar-refractivity contribution in [1.29, 1.82) is 0 Å². The molecule has 1 aliphatic rings. The van der Waals surface area contributed by atoms with Gasteiger partial charge in [0.2, 0.25) is 0 Å². The quantitative estimate of drug-likeness (QED) is 0.821. The van der Waals surface area contributed by atoms with Crippen LogP contribution in [0.4, 0.5) is 18.9 Å². The van der Waals surface area contributed by atoms with E-state index in [1.54, 1.807) is 0 Å².